The molecule has 0 aliphatic carbocycles. The minimum atomic E-state index is 0.555. The van der Waals surface area contributed by atoms with E-state index in [0.29, 0.717) is 11.3 Å². The first-order valence-corrected chi connectivity index (χ1v) is 7.34. The summed E-state index contributed by atoms with van der Waals surface area (Å²) < 4.78 is 6.24. The highest BCUT2D eigenvalue weighted by molar-refractivity contribution is 9.10. The number of fused-ring (bicyclic) bond motifs is 1. The van der Waals surface area contributed by atoms with Gasteiger partial charge in [0.2, 0.25) is 0 Å². The molecule has 2 nitrogen and oxygen atoms in total. The summed E-state index contributed by atoms with van der Waals surface area (Å²) in [7, 11) is 1.57. The standard InChI is InChI=1S/C18H13BrO2/c1-21-17-9-8-13(10-14(17)11-20)15-6-2-4-12-5-3-7-16(19)18(12)15/h2-11H,1H3. The fraction of sp³-hybridized carbons (Fsp3) is 0.0556. The predicted octanol–water partition coefficient (Wildman–Crippen LogP) is 5.09. The number of rotatable bonds is 3. The van der Waals surface area contributed by atoms with Gasteiger partial charge in [-0.1, -0.05) is 52.3 Å². The quantitative estimate of drug-likeness (QED) is 0.620. The lowest BCUT2D eigenvalue weighted by Gasteiger charge is -2.11. The number of ether oxygens (including phenoxy) is 1. The molecule has 0 radical (unpaired) electrons. The molecule has 0 aliphatic rings. The lowest BCUT2D eigenvalue weighted by molar-refractivity contribution is 0.112. The second-order valence-electron chi connectivity index (χ2n) is 4.72. The van der Waals surface area contributed by atoms with Crippen molar-refractivity contribution in [3.05, 3.63) is 64.6 Å². The Balaban J connectivity index is 2.28. The van der Waals surface area contributed by atoms with Gasteiger partial charge < -0.3 is 4.74 Å². The average Bonchev–Trinajstić information content (AvgIpc) is 2.54. The van der Waals surface area contributed by atoms with Crippen LogP contribution in [0.5, 0.6) is 5.75 Å². The second kappa shape index (κ2) is 5.70. The highest BCUT2D eigenvalue weighted by Gasteiger charge is 2.09. The van der Waals surface area contributed by atoms with Gasteiger partial charge >= 0.3 is 0 Å². The van der Waals surface area contributed by atoms with Crippen LogP contribution in [0.15, 0.2) is 59.1 Å². The number of carbonyl (C=O) groups excluding carboxylic acids is 1. The summed E-state index contributed by atoms with van der Waals surface area (Å²) in [6, 6.07) is 17.9. The van der Waals surface area contributed by atoms with E-state index in [2.05, 4.69) is 34.1 Å². The molecule has 0 spiro atoms. The van der Waals surface area contributed by atoms with E-state index in [9.17, 15) is 4.79 Å². The van der Waals surface area contributed by atoms with Gasteiger partial charge in [-0.3, -0.25) is 4.79 Å². The molecule has 0 aliphatic heterocycles. The molecule has 0 aromatic heterocycles. The molecule has 0 bridgehead atoms. The van der Waals surface area contributed by atoms with E-state index in [1.54, 1.807) is 7.11 Å². The van der Waals surface area contributed by atoms with E-state index in [-0.39, 0.29) is 0 Å². The van der Waals surface area contributed by atoms with E-state index in [1.807, 2.05) is 36.4 Å². The Morgan fingerprint density at radius 2 is 1.81 bits per heavy atom. The van der Waals surface area contributed by atoms with Crippen LogP contribution < -0.4 is 4.74 Å². The van der Waals surface area contributed by atoms with Crippen molar-refractivity contribution in [3.63, 3.8) is 0 Å². The maximum atomic E-state index is 11.2. The molecular formula is C18H13BrO2. The van der Waals surface area contributed by atoms with Crippen molar-refractivity contribution in [2.24, 2.45) is 0 Å². The van der Waals surface area contributed by atoms with Crippen LogP contribution in [-0.2, 0) is 0 Å². The number of methoxy groups -OCH3 is 1. The minimum absolute atomic E-state index is 0.555. The van der Waals surface area contributed by atoms with Crippen LogP contribution in [0.3, 0.4) is 0 Å². The number of carbonyl (C=O) groups is 1. The molecule has 3 aromatic rings. The molecule has 3 heteroatoms. The van der Waals surface area contributed by atoms with Gasteiger partial charge in [0.05, 0.1) is 12.7 Å². The molecule has 0 heterocycles. The fourth-order valence-electron chi connectivity index (χ4n) is 2.53. The molecule has 0 saturated heterocycles. The maximum absolute atomic E-state index is 11.2. The Bertz CT molecular complexity index is 819. The van der Waals surface area contributed by atoms with Crippen LogP contribution >= 0.6 is 15.9 Å². The molecule has 0 saturated carbocycles. The first kappa shape index (κ1) is 13.8. The number of hydrogen-bond donors (Lipinski definition) is 0. The summed E-state index contributed by atoms with van der Waals surface area (Å²) in [5, 5.41) is 2.30. The molecule has 0 fully saturated rings. The number of aldehydes is 1. The zero-order valence-electron chi connectivity index (χ0n) is 11.5. The van der Waals surface area contributed by atoms with Crippen molar-refractivity contribution in [1.82, 2.24) is 0 Å². The van der Waals surface area contributed by atoms with E-state index in [1.165, 1.54) is 0 Å². The van der Waals surface area contributed by atoms with Gasteiger partial charge in [0.1, 0.15) is 5.75 Å². The third-order valence-corrected chi connectivity index (χ3v) is 4.18. The third-order valence-electron chi connectivity index (χ3n) is 3.52. The van der Waals surface area contributed by atoms with Crippen molar-refractivity contribution < 1.29 is 9.53 Å². The number of benzene rings is 3. The number of hydrogen-bond acceptors (Lipinski definition) is 2. The highest BCUT2D eigenvalue weighted by Crippen LogP contribution is 2.35. The highest BCUT2D eigenvalue weighted by atomic mass is 79.9. The van der Waals surface area contributed by atoms with E-state index in [4.69, 9.17) is 4.74 Å². The zero-order valence-corrected chi connectivity index (χ0v) is 13.1. The van der Waals surface area contributed by atoms with Gasteiger partial charge in [0.25, 0.3) is 0 Å². The largest absolute Gasteiger partial charge is 0.496 e. The first-order chi connectivity index (χ1) is 10.2. The minimum Gasteiger partial charge on any atom is -0.496 e. The molecule has 3 aromatic carbocycles. The lowest BCUT2D eigenvalue weighted by atomic mass is 9.97. The van der Waals surface area contributed by atoms with E-state index < -0.39 is 0 Å². The molecule has 0 amide bonds. The summed E-state index contributed by atoms with van der Waals surface area (Å²) in [4.78, 5) is 11.2. The van der Waals surface area contributed by atoms with Gasteiger partial charge in [-0.25, -0.2) is 0 Å². The molecule has 21 heavy (non-hydrogen) atoms. The molecule has 3 rings (SSSR count). The summed E-state index contributed by atoms with van der Waals surface area (Å²) in [6.07, 6.45) is 0.822. The van der Waals surface area contributed by atoms with Crippen LogP contribution in [0, 0.1) is 0 Å². The van der Waals surface area contributed by atoms with Crippen LogP contribution in [0.2, 0.25) is 0 Å². The Hall–Kier alpha value is -2.13. The summed E-state index contributed by atoms with van der Waals surface area (Å²) in [5.41, 5.74) is 2.64. The SMILES string of the molecule is COc1ccc(-c2cccc3cccc(Br)c23)cc1C=O. The second-order valence-corrected chi connectivity index (χ2v) is 5.57. The van der Waals surface area contributed by atoms with Gasteiger partial charge in [0, 0.05) is 9.86 Å². The van der Waals surface area contributed by atoms with Crippen molar-refractivity contribution in [2.45, 2.75) is 0 Å². The first-order valence-electron chi connectivity index (χ1n) is 6.55. The van der Waals surface area contributed by atoms with Crippen LogP contribution in [-0.4, -0.2) is 13.4 Å². The van der Waals surface area contributed by atoms with Crippen molar-refractivity contribution in [1.29, 1.82) is 0 Å². The van der Waals surface area contributed by atoms with Gasteiger partial charge in [-0.15, -0.1) is 0 Å². The Kier molecular flexibility index (Phi) is 3.76. The monoisotopic (exact) mass is 340 g/mol. The van der Waals surface area contributed by atoms with Crippen molar-refractivity contribution in [2.75, 3.05) is 7.11 Å². The Morgan fingerprint density at radius 1 is 1.05 bits per heavy atom. The van der Waals surface area contributed by atoms with E-state index in [0.717, 1.165) is 32.7 Å². The molecule has 104 valence electrons. The summed E-state index contributed by atoms with van der Waals surface area (Å²) in [6.45, 7) is 0. The van der Waals surface area contributed by atoms with Crippen molar-refractivity contribution in [3.8, 4) is 16.9 Å². The Morgan fingerprint density at radius 3 is 2.52 bits per heavy atom. The maximum Gasteiger partial charge on any atom is 0.153 e. The van der Waals surface area contributed by atoms with Gasteiger partial charge in [-0.2, -0.15) is 0 Å². The van der Waals surface area contributed by atoms with E-state index >= 15 is 0 Å². The Labute approximate surface area is 131 Å². The lowest BCUT2D eigenvalue weighted by Crippen LogP contribution is -1.91. The average molecular weight is 341 g/mol. The zero-order chi connectivity index (χ0) is 14.8. The van der Waals surface area contributed by atoms with Gasteiger partial charge in [0.15, 0.2) is 6.29 Å². The summed E-state index contributed by atoms with van der Waals surface area (Å²) >= 11 is 3.61. The van der Waals surface area contributed by atoms with Crippen LogP contribution in [0.25, 0.3) is 21.9 Å². The van der Waals surface area contributed by atoms with Crippen LogP contribution in [0.1, 0.15) is 10.4 Å². The normalized spacial score (nSPS) is 10.6. The summed E-state index contributed by atoms with van der Waals surface area (Å²) in [5.74, 6) is 0.591. The third kappa shape index (κ3) is 2.45. The molecular weight excluding hydrogens is 328 g/mol. The molecule has 0 unspecified atom stereocenters. The van der Waals surface area contributed by atoms with Crippen LogP contribution in [0.4, 0.5) is 0 Å². The number of halogens is 1. The van der Waals surface area contributed by atoms with Gasteiger partial charge in [-0.05, 0) is 34.7 Å². The fourth-order valence-corrected chi connectivity index (χ4v) is 3.12. The smallest absolute Gasteiger partial charge is 0.153 e. The predicted molar refractivity (Wildman–Crippen MR) is 89.0 cm³/mol. The van der Waals surface area contributed by atoms with Crippen molar-refractivity contribution >= 4 is 33.0 Å². The molecule has 0 atom stereocenters. The topological polar surface area (TPSA) is 26.3 Å². The molecule has 0 N–H and O–H groups in total.